The smallest absolute Gasteiger partial charge is 0.198 e. The minimum Gasteiger partial charge on any atom is -0.222 e. The highest BCUT2D eigenvalue weighted by molar-refractivity contribution is 7.92. The zero-order valence-electron chi connectivity index (χ0n) is 9.82. The highest BCUT2D eigenvalue weighted by Gasteiger charge is 2.28. The van der Waals surface area contributed by atoms with Gasteiger partial charge in [0.05, 0.1) is 11.0 Å². The maximum Gasteiger partial charge on any atom is 0.198 e. The molecule has 0 saturated carbocycles. The lowest BCUT2D eigenvalue weighted by Crippen LogP contribution is -2.12. The molecule has 2 aromatic carbocycles. The van der Waals surface area contributed by atoms with Crippen LogP contribution in [-0.2, 0) is 9.84 Å². The molecule has 0 fully saturated rings. The Morgan fingerprint density at radius 1 is 1.05 bits per heavy atom. The van der Waals surface area contributed by atoms with Crippen LogP contribution in [0.4, 0.5) is 0 Å². The molecule has 0 spiro atoms. The number of rotatable bonds is 3. The van der Waals surface area contributed by atoms with Gasteiger partial charge in [0.25, 0.3) is 0 Å². The summed E-state index contributed by atoms with van der Waals surface area (Å²) in [6.45, 7) is 0. The molecule has 2 aromatic rings. The molecule has 3 nitrogen and oxygen atoms in total. The summed E-state index contributed by atoms with van der Waals surface area (Å²) in [6.07, 6.45) is 0. The van der Waals surface area contributed by atoms with Crippen LogP contribution in [0, 0.1) is 11.3 Å². The normalized spacial score (nSPS) is 12.6. The average molecular weight is 292 g/mol. The Morgan fingerprint density at radius 3 is 2.32 bits per heavy atom. The van der Waals surface area contributed by atoms with Crippen LogP contribution in [0.1, 0.15) is 10.8 Å². The summed E-state index contributed by atoms with van der Waals surface area (Å²) in [4.78, 5) is 0.126. The molecule has 0 heterocycles. The standard InChI is InChI=1S/C14H10ClNO2S/c15-12-6-4-5-11(9-12)14(10-16)19(17,18)13-7-2-1-3-8-13/h1-9,14H. The van der Waals surface area contributed by atoms with Gasteiger partial charge in [-0.25, -0.2) is 8.42 Å². The molecular weight excluding hydrogens is 282 g/mol. The van der Waals surface area contributed by atoms with Gasteiger partial charge >= 0.3 is 0 Å². The first-order valence-electron chi connectivity index (χ1n) is 5.50. The molecule has 1 unspecified atom stereocenters. The van der Waals surface area contributed by atoms with E-state index in [0.29, 0.717) is 10.6 Å². The van der Waals surface area contributed by atoms with Gasteiger partial charge in [-0.1, -0.05) is 41.9 Å². The molecule has 0 radical (unpaired) electrons. The molecule has 2 rings (SSSR count). The van der Waals surface area contributed by atoms with E-state index in [1.54, 1.807) is 36.4 Å². The molecule has 0 aliphatic carbocycles. The Labute approximate surface area is 117 Å². The first-order chi connectivity index (χ1) is 9.05. The zero-order valence-corrected chi connectivity index (χ0v) is 11.4. The molecule has 1 atom stereocenters. The van der Waals surface area contributed by atoms with Crippen molar-refractivity contribution in [1.29, 1.82) is 5.26 Å². The Morgan fingerprint density at radius 2 is 1.74 bits per heavy atom. The maximum absolute atomic E-state index is 12.4. The van der Waals surface area contributed by atoms with E-state index in [-0.39, 0.29) is 4.90 Å². The van der Waals surface area contributed by atoms with Crippen molar-refractivity contribution in [1.82, 2.24) is 0 Å². The molecule has 0 bridgehead atoms. The van der Waals surface area contributed by atoms with Crippen molar-refractivity contribution in [2.24, 2.45) is 0 Å². The van der Waals surface area contributed by atoms with Gasteiger partial charge in [0.15, 0.2) is 15.1 Å². The number of nitrogens with zero attached hydrogens (tertiary/aromatic N) is 1. The molecule has 0 N–H and O–H groups in total. The number of hydrogen-bond donors (Lipinski definition) is 0. The summed E-state index contributed by atoms with van der Waals surface area (Å²) in [5, 5.41) is 8.34. The van der Waals surface area contributed by atoms with E-state index in [1.165, 1.54) is 18.2 Å². The van der Waals surface area contributed by atoms with E-state index >= 15 is 0 Å². The van der Waals surface area contributed by atoms with E-state index in [1.807, 2.05) is 6.07 Å². The van der Waals surface area contributed by atoms with Gasteiger partial charge in [-0.2, -0.15) is 5.26 Å². The Balaban J connectivity index is 2.52. The quantitative estimate of drug-likeness (QED) is 0.871. The van der Waals surface area contributed by atoms with Crippen molar-refractivity contribution >= 4 is 21.4 Å². The fraction of sp³-hybridized carbons (Fsp3) is 0.0714. The molecule has 19 heavy (non-hydrogen) atoms. The SMILES string of the molecule is N#CC(c1cccc(Cl)c1)S(=O)(=O)c1ccccc1. The van der Waals surface area contributed by atoms with Gasteiger partial charge in [0.1, 0.15) is 0 Å². The van der Waals surface area contributed by atoms with Gasteiger partial charge in [-0.05, 0) is 29.8 Å². The second-order valence-electron chi connectivity index (χ2n) is 3.92. The van der Waals surface area contributed by atoms with E-state index in [0.717, 1.165) is 0 Å². The summed E-state index contributed by atoms with van der Waals surface area (Å²) in [5.41, 5.74) is 0.374. The fourth-order valence-corrected chi connectivity index (χ4v) is 3.39. The summed E-state index contributed by atoms with van der Waals surface area (Å²) in [7, 11) is -3.74. The van der Waals surface area contributed by atoms with Gasteiger partial charge in [-0.3, -0.25) is 0 Å². The highest BCUT2D eigenvalue weighted by atomic mass is 35.5. The number of hydrogen-bond acceptors (Lipinski definition) is 3. The maximum atomic E-state index is 12.4. The second kappa shape index (κ2) is 5.43. The summed E-state index contributed by atoms with van der Waals surface area (Å²) >= 11 is 5.84. The molecule has 0 saturated heterocycles. The lowest BCUT2D eigenvalue weighted by Gasteiger charge is -2.11. The average Bonchev–Trinajstić information content (AvgIpc) is 2.40. The second-order valence-corrected chi connectivity index (χ2v) is 6.39. The first-order valence-corrected chi connectivity index (χ1v) is 7.42. The molecule has 0 aromatic heterocycles. The molecule has 0 aliphatic heterocycles. The third-order valence-electron chi connectivity index (χ3n) is 2.65. The molecular formula is C14H10ClNO2S. The van der Waals surface area contributed by atoms with E-state index < -0.39 is 15.1 Å². The lowest BCUT2D eigenvalue weighted by atomic mass is 10.2. The Hall–Kier alpha value is -1.83. The molecule has 0 amide bonds. The van der Waals surface area contributed by atoms with Crippen molar-refractivity contribution < 1.29 is 8.42 Å². The fourth-order valence-electron chi connectivity index (χ4n) is 1.74. The largest absolute Gasteiger partial charge is 0.222 e. The summed E-state index contributed by atoms with van der Waals surface area (Å²) < 4.78 is 24.8. The summed E-state index contributed by atoms with van der Waals surface area (Å²) in [5.74, 6) is 0. The monoisotopic (exact) mass is 291 g/mol. The van der Waals surface area contributed by atoms with Crippen molar-refractivity contribution in [3.63, 3.8) is 0 Å². The predicted octanol–water partition coefficient (Wildman–Crippen LogP) is 3.38. The number of benzene rings is 2. The van der Waals surface area contributed by atoms with E-state index in [9.17, 15) is 13.7 Å². The van der Waals surface area contributed by atoms with Crippen LogP contribution in [0.15, 0.2) is 59.5 Å². The van der Waals surface area contributed by atoms with Crippen molar-refractivity contribution in [3.8, 4) is 6.07 Å². The van der Waals surface area contributed by atoms with Crippen molar-refractivity contribution in [2.75, 3.05) is 0 Å². The lowest BCUT2D eigenvalue weighted by molar-refractivity contribution is 0.591. The van der Waals surface area contributed by atoms with Crippen LogP contribution in [0.25, 0.3) is 0 Å². The predicted molar refractivity (Wildman–Crippen MR) is 73.4 cm³/mol. The number of nitriles is 1. The van der Waals surface area contributed by atoms with Crippen LogP contribution in [0.2, 0.25) is 5.02 Å². The van der Waals surface area contributed by atoms with Gasteiger partial charge in [0, 0.05) is 5.02 Å². The third kappa shape index (κ3) is 2.78. The Kier molecular flexibility index (Phi) is 3.89. The van der Waals surface area contributed by atoms with Crippen LogP contribution >= 0.6 is 11.6 Å². The number of halogens is 1. The van der Waals surface area contributed by atoms with E-state index in [2.05, 4.69) is 0 Å². The van der Waals surface area contributed by atoms with Gasteiger partial charge in [0.2, 0.25) is 0 Å². The Bertz CT molecular complexity index is 721. The first kappa shape index (κ1) is 13.6. The zero-order chi connectivity index (χ0) is 13.9. The van der Waals surface area contributed by atoms with Gasteiger partial charge in [-0.15, -0.1) is 0 Å². The van der Waals surface area contributed by atoms with Crippen LogP contribution in [0.3, 0.4) is 0 Å². The molecule has 0 aliphatic rings. The molecule has 5 heteroatoms. The third-order valence-corrected chi connectivity index (χ3v) is 4.81. The minimum atomic E-state index is -3.74. The van der Waals surface area contributed by atoms with Crippen LogP contribution < -0.4 is 0 Å². The van der Waals surface area contributed by atoms with Crippen molar-refractivity contribution in [3.05, 3.63) is 65.2 Å². The van der Waals surface area contributed by atoms with Gasteiger partial charge < -0.3 is 0 Å². The van der Waals surface area contributed by atoms with E-state index in [4.69, 9.17) is 11.6 Å². The topological polar surface area (TPSA) is 57.9 Å². The van der Waals surface area contributed by atoms with Crippen LogP contribution in [-0.4, -0.2) is 8.42 Å². The van der Waals surface area contributed by atoms with Crippen LogP contribution in [0.5, 0.6) is 0 Å². The van der Waals surface area contributed by atoms with Crippen molar-refractivity contribution in [2.45, 2.75) is 10.1 Å². The highest BCUT2D eigenvalue weighted by Crippen LogP contribution is 2.29. The minimum absolute atomic E-state index is 0.126. The molecule has 96 valence electrons. The number of sulfone groups is 1. The summed E-state index contributed by atoms with van der Waals surface area (Å²) in [6, 6.07) is 16.1.